The maximum atomic E-state index is 12.9. The molecule has 29 heavy (non-hydrogen) atoms. The molecule has 0 aliphatic carbocycles. The summed E-state index contributed by atoms with van der Waals surface area (Å²) < 4.78 is 27.3. The molecule has 8 heteroatoms. The number of para-hydroxylation sites is 1. The minimum absolute atomic E-state index is 0.148. The van der Waals surface area contributed by atoms with Crippen LogP contribution in [0.3, 0.4) is 0 Å². The van der Waals surface area contributed by atoms with Crippen molar-refractivity contribution in [1.29, 1.82) is 0 Å². The highest BCUT2D eigenvalue weighted by atomic mass is 35.5. The average Bonchev–Trinajstić information content (AvgIpc) is 2.74. The van der Waals surface area contributed by atoms with Gasteiger partial charge in [0.1, 0.15) is 0 Å². The number of nitrogens with zero attached hydrogens (tertiary/aromatic N) is 2. The molecule has 1 aromatic heterocycles. The summed E-state index contributed by atoms with van der Waals surface area (Å²) in [6.45, 7) is 0.541. The van der Waals surface area contributed by atoms with Crippen molar-refractivity contribution in [2.75, 3.05) is 18.4 Å². The van der Waals surface area contributed by atoms with Gasteiger partial charge in [0, 0.05) is 29.7 Å². The maximum Gasteiger partial charge on any atom is 0.243 e. The Morgan fingerprint density at radius 1 is 1.10 bits per heavy atom. The minimum atomic E-state index is -3.67. The van der Waals surface area contributed by atoms with Crippen molar-refractivity contribution >= 4 is 44.1 Å². The van der Waals surface area contributed by atoms with Crippen LogP contribution >= 0.6 is 11.6 Å². The van der Waals surface area contributed by atoms with Gasteiger partial charge in [-0.05, 0) is 49.2 Å². The van der Waals surface area contributed by atoms with Gasteiger partial charge in [0.2, 0.25) is 15.9 Å². The summed E-state index contributed by atoms with van der Waals surface area (Å²) in [5, 5.41) is 4.34. The maximum absolute atomic E-state index is 12.9. The minimum Gasteiger partial charge on any atom is -0.324 e. The number of amides is 1. The number of hydrogen-bond donors (Lipinski definition) is 1. The van der Waals surface area contributed by atoms with Crippen molar-refractivity contribution in [2.24, 2.45) is 5.92 Å². The van der Waals surface area contributed by atoms with E-state index in [9.17, 15) is 13.2 Å². The van der Waals surface area contributed by atoms with E-state index in [-0.39, 0.29) is 17.3 Å². The first-order valence-electron chi connectivity index (χ1n) is 9.35. The Morgan fingerprint density at radius 2 is 1.86 bits per heavy atom. The summed E-state index contributed by atoms with van der Waals surface area (Å²) in [5.74, 6) is -0.621. The molecule has 0 saturated carbocycles. The predicted molar refractivity (Wildman–Crippen MR) is 113 cm³/mol. The summed E-state index contributed by atoms with van der Waals surface area (Å²) in [4.78, 5) is 17.4. The van der Waals surface area contributed by atoms with Gasteiger partial charge in [0.25, 0.3) is 0 Å². The second-order valence-electron chi connectivity index (χ2n) is 7.03. The van der Waals surface area contributed by atoms with E-state index in [4.69, 9.17) is 11.6 Å². The van der Waals surface area contributed by atoms with Crippen LogP contribution in [0.2, 0.25) is 5.02 Å². The molecule has 1 aliphatic rings. The van der Waals surface area contributed by atoms with Gasteiger partial charge in [-0.15, -0.1) is 0 Å². The molecule has 1 saturated heterocycles. The van der Waals surface area contributed by atoms with Crippen LogP contribution in [-0.4, -0.2) is 36.7 Å². The summed E-state index contributed by atoms with van der Waals surface area (Å²) in [5.41, 5.74) is 1.34. The fraction of sp³-hybridized carbons (Fsp3) is 0.238. The lowest BCUT2D eigenvalue weighted by Gasteiger charge is -2.31. The molecule has 0 spiro atoms. The lowest BCUT2D eigenvalue weighted by molar-refractivity contribution is -0.120. The number of fused-ring (bicyclic) bond motifs is 1. The second-order valence-corrected chi connectivity index (χ2v) is 9.40. The standard InChI is InChI=1S/C21H20ClN3O3S/c22-17-8-10-18(11-9-17)29(27,28)25-13-3-6-16(14-25)21(26)24-19-7-1-4-15-5-2-12-23-20(15)19/h1-2,4-5,7-12,16H,3,6,13-14H2,(H,24,26)/t16-/m1/s1. The first-order chi connectivity index (χ1) is 13.9. The van der Waals surface area contributed by atoms with E-state index in [1.165, 1.54) is 16.4 Å². The molecule has 1 aliphatic heterocycles. The number of sulfonamides is 1. The van der Waals surface area contributed by atoms with Crippen LogP contribution < -0.4 is 5.32 Å². The number of carbonyl (C=O) groups is 1. The van der Waals surface area contributed by atoms with Gasteiger partial charge in [0.15, 0.2) is 0 Å². The molecule has 3 aromatic rings. The molecule has 0 unspecified atom stereocenters. The smallest absolute Gasteiger partial charge is 0.243 e. The Balaban J connectivity index is 1.52. The van der Waals surface area contributed by atoms with Crippen LogP contribution in [0.25, 0.3) is 10.9 Å². The molecule has 6 nitrogen and oxygen atoms in total. The summed E-state index contributed by atoms with van der Waals surface area (Å²) in [7, 11) is -3.67. The molecular formula is C21H20ClN3O3S. The predicted octanol–water partition coefficient (Wildman–Crippen LogP) is 3.93. The molecule has 2 heterocycles. The Labute approximate surface area is 174 Å². The number of pyridine rings is 1. The monoisotopic (exact) mass is 429 g/mol. The highest BCUT2D eigenvalue weighted by molar-refractivity contribution is 7.89. The average molecular weight is 430 g/mol. The molecule has 1 amide bonds. The van der Waals surface area contributed by atoms with Gasteiger partial charge >= 0.3 is 0 Å². The number of piperidine rings is 1. The van der Waals surface area contributed by atoms with E-state index >= 15 is 0 Å². The Kier molecular flexibility index (Phi) is 5.54. The number of halogens is 1. The second kappa shape index (κ2) is 8.10. The van der Waals surface area contributed by atoms with Crippen molar-refractivity contribution < 1.29 is 13.2 Å². The first-order valence-corrected chi connectivity index (χ1v) is 11.2. The van der Waals surface area contributed by atoms with Crippen LogP contribution in [0.15, 0.2) is 65.7 Å². The van der Waals surface area contributed by atoms with Gasteiger partial charge < -0.3 is 5.32 Å². The number of hydrogen-bond acceptors (Lipinski definition) is 4. The van der Waals surface area contributed by atoms with Crippen LogP contribution in [0.4, 0.5) is 5.69 Å². The number of rotatable bonds is 4. The van der Waals surface area contributed by atoms with Crippen LogP contribution in [0, 0.1) is 5.92 Å². The van der Waals surface area contributed by atoms with Crippen molar-refractivity contribution in [3.8, 4) is 0 Å². The molecule has 1 atom stereocenters. The summed E-state index contributed by atoms with van der Waals surface area (Å²) in [6, 6.07) is 15.4. The number of anilines is 1. The quantitative estimate of drug-likeness (QED) is 0.681. The van der Waals surface area contributed by atoms with Crippen molar-refractivity contribution in [3.05, 3.63) is 65.8 Å². The van der Waals surface area contributed by atoms with Gasteiger partial charge in [-0.3, -0.25) is 9.78 Å². The van der Waals surface area contributed by atoms with Gasteiger partial charge in [-0.1, -0.05) is 29.8 Å². The lowest BCUT2D eigenvalue weighted by Crippen LogP contribution is -2.43. The van der Waals surface area contributed by atoms with E-state index < -0.39 is 15.9 Å². The largest absolute Gasteiger partial charge is 0.324 e. The molecule has 2 aromatic carbocycles. The topological polar surface area (TPSA) is 79.4 Å². The third-order valence-electron chi connectivity index (χ3n) is 5.10. The van der Waals surface area contributed by atoms with Gasteiger partial charge in [-0.25, -0.2) is 8.42 Å². The number of carbonyl (C=O) groups excluding carboxylic acids is 1. The third-order valence-corrected chi connectivity index (χ3v) is 7.23. The zero-order valence-corrected chi connectivity index (χ0v) is 17.2. The zero-order chi connectivity index (χ0) is 20.4. The first kappa shape index (κ1) is 19.8. The zero-order valence-electron chi connectivity index (χ0n) is 15.6. The fourth-order valence-electron chi connectivity index (χ4n) is 3.57. The van der Waals surface area contributed by atoms with E-state index in [2.05, 4.69) is 10.3 Å². The Morgan fingerprint density at radius 3 is 2.66 bits per heavy atom. The van der Waals surface area contributed by atoms with E-state index in [1.807, 2.05) is 24.3 Å². The lowest BCUT2D eigenvalue weighted by atomic mass is 9.98. The van der Waals surface area contributed by atoms with Crippen molar-refractivity contribution in [3.63, 3.8) is 0 Å². The Hall–Kier alpha value is -2.48. The van der Waals surface area contributed by atoms with E-state index in [1.54, 1.807) is 24.4 Å². The van der Waals surface area contributed by atoms with Crippen molar-refractivity contribution in [1.82, 2.24) is 9.29 Å². The molecule has 4 rings (SSSR count). The fourth-order valence-corrected chi connectivity index (χ4v) is 5.22. The molecular weight excluding hydrogens is 410 g/mol. The highest BCUT2D eigenvalue weighted by Gasteiger charge is 2.33. The molecule has 1 fully saturated rings. The van der Waals surface area contributed by atoms with Crippen molar-refractivity contribution in [2.45, 2.75) is 17.7 Å². The molecule has 0 bridgehead atoms. The van der Waals surface area contributed by atoms with Gasteiger partial charge in [0.05, 0.1) is 22.0 Å². The Bertz CT molecular complexity index is 1140. The number of nitrogens with one attached hydrogen (secondary N) is 1. The third kappa shape index (κ3) is 4.12. The number of aromatic nitrogens is 1. The van der Waals surface area contributed by atoms with E-state index in [0.29, 0.717) is 35.6 Å². The highest BCUT2D eigenvalue weighted by Crippen LogP contribution is 2.27. The van der Waals surface area contributed by atoms with Crippen LogP contribution in [-0.2, 0) is 14.8 Å². The van der Waals surface area contributed by atoms with Gasteiger partial charge in [-0.2, -0.15) is 4.31 Å². The van der Waals surface area contributed by atoms with Crippen LogP contribution in [0.1, 0.15) is 12.8 Å². The SMILES string of the molecule is O=C(Nc1cccc2cccnc12)[C@@H]1CCCN(S(=O)(=O)c2ccc(Cl)cc2)C1. The summed E-state index contributed by atoms with van der Waals surface area (Å²) in [6.07, 6.45) is 2.94. The molecule has 1 N–H and O–H groups in total. The number of benzene rings is 2. The molecule has 0 radical (unpaired) electrons. The van der Waals surface area contributed by atoms with E-state index in [0.717, 1.165) is 5.39 Å². The van der Waals surface area contributed by atoms with Crippen LogP contribution in [0.5, 0.6) is 0 Å². The molecule has 150 valence electrons. The summed E-state index contributed by atoms with van der Waals surface area (Å²) >= 11 is 5.86. The normalized spacial score (nSPS) is 17.9.